The lowest BCUT2D eigenvalue weighted by Gasteiger charge is -2.27. The number of aromatic nitrogens is 1. The van der Waals surface area contributed by atoms with Crippen LogP contribution in [-0.2, 0) is 5.41 Å². The molecule has 3 aromatic rings. The number of allylic oxidation sites excluding steroid dienone is 2. The Morgan fingerprint density at radius 2 is 1.56 bits per heavy atom. The number of para-hydroxylation sites is 1. The van der Waals surface area contributed by atoms with E-state index in [1.54, 1.807) is 0 Å². The molecule has 0 aliphatic rings. The molecule has 0 N–H and O–H groups in total. The first-order valence-corrected chi connectivity index (χ1v) is 12.1. The highest BCUT2D eigenvalue weighted by Gasteiger charge is 2.23. The van der Waals surface area contributed by atoms with Gasteiger partial charge in [-0.2, -0.15) is 0 Å². The van der Waals surface area contributed by atoms with Crippen molar-refractivity contribution in [3.8, 4) is 5.69 Å². The smallest absolute Gasteiger partial charge is 0.0525 e. The normalized spacial score (nSPS) is 12.9. The van der Waals surface area contributed by atoms with Gasteiger partial charge in [-0.05, 0) is 66.6 Å². The maximum Gasteiger partial charge on any atom is 0.0525 e. The first-order chi connectivity index (χ1) is 16.0. The van der Waals surface area contributed by atoms with Crippen LogP contribution in [0.25, 0.3) is 17.8 Å². The van der Waals surface area contributed by atoms with Gasteiger partial charge in [0.25, 0.3) is 0 Å². The van der Waals surface area contributed by atoms with Gasteiger partial charge in [0.2, 0.25) is 0 Å². The predicted octanol–water partition coefficient (Wildman–Crippen LogP) is 9.54. The molecule has 0 spiro atoms. The van der Waals surface area contributed by atoms with Crippen molar-refractivity contribution in [2.24, 2.45) is 5.41 Å². The molecule has 1 heterocycles. The molecular weight excluding hydrogens is 412 g/mol. The number of benzene rings is 2. The van der Waals surface area contributed by atoms with E-state index in [2.05, 4.69) is 151 Å². The minimum Gasteiger partial charge on any atom is -0.317 e. The van der Waals surface area contributed by atoms with E-state index in [1.165, 1.54) is 16.7 Å². The van der Waals surface area contributed by atoms with Crippen molar-refractivity contribution in [1.82, 2.24) is 4.57 Å². The molecule has 2 nitrogen and oxygen atoms in total. The molecule has 0 aliphatic heterocycles. The summed E-state index contributed by atoms with van der Waals surface area (Å²) in [7, 11) is 0. The van der Waals surface area contributed by atoms with Crippen molar-refractivity contribution in [3.05, 3.63) is 102 Å². The zero-order valence-electron chi connectivity index (χ0n) is 22.2. The minimum absolute atomic E-state index is 0.0259. The summed E-state index contributed by atoms with van der Waals surface area (Å²) in [5.74, 6) is 0. The van der Waals surface area contributed by atoms with E-state index in [1.807, 2.05) is 6.08 Å². The largest absolute Gasteiger partial charge is 0.317 e. The third kappa shape index (κ3) is 5.44. The highest BCUT2D eigenvalue weighted by molar-refractivity contribution is 5.72. The summed E-state index contributed by atoms with van der Waals surface area (Å²) >= 11 is 0. The van der Waals surface area contributed by atoms with Gasteiger partial charge in [-0.3, -0.25) is 0 Å². The van der Waals surface area contributed by atoms with E-state index in [9.17, 15) is 0 Å². The number of hydrogen-bond donors (Lipinski definition) is 0. The van der Waals surface area contributed by atoms with E-state index < -0.39 is 0 Å². The van der Waals surface area contributed by atoms with Crippen molar-refractivity contribution >= 4 is 23.5 Å². The Balaban J connectivity index is 2.22. The molecule has 1 aromatic heterocycles. The Bertz CT molecular complexity index is 1190. The van der Waals surface area contributed by atoms with Crippen LogP contribution in [0.15, 0.2) is 85.2 Å². The summed E-state index contributed by atoms with van der Waals surface area (Å²) in [5.41, 5.74) is 8.49. The summed E-state index contributed by atoms with van der Waals surface area (Å²) in [6.07, 6.45) is 10.8. The minimum atomic E-state index is 0.0259. The van der Waals surface area contributed by atoms with Crippen LogP contribution in [0, 0.1) is 5.41 Å². The molecule has 178 valence electrons. The number of hydrogen-bond acceptors (Lipinski definition) is 1. The van der Waals surface area contributed by atoms with Crippen LogP contribution in [-0.4, -0.2) is 4.57 Å². The molecule has 3 rings (SSSR count). The summed E-state index contributed by atoms with van der Waals surface area (Å²) in [6.45, 7) is 22.0. The number of rotatable bonds is 6. The average molecular weight is 453 g/mol. The first kappa shape index (κ1) is 25.4. The lowest BCUT2D eigenvalue weighted by atomic mass is 9.85. The Morgan fingerprint density at radius 3 is 2.12 bits per heavy atom. The van der Waals surface area contributed by atoms with Crippen molar-refractivity contribution in [1.29, 1.82) is 0 Å². The van der Waals surface area contributed by atoms with E-state index in [0.29, 0.717) is 0 Å². The molecular formula is C32H40N2. The van der Waals surface area contributed by atoms with E-state index in [4.69, 9.17) is 0 Å². The van der Waals surface area contributed by atoms with Gasteiger partial charge in [0, 0.05) is 35.0 Å². The number of nitrogens with zero attached hydrogens (tertiary/aromatic N) is 2. The SMILES string of the molecule is C=Cc1c(/C=C\C)c(C(C)(C)C)cn1-c1cccc(N(/C=C(\C)C(C)(C)C)c2ccccc2)c1. The molecule has 0 fully saturated rings. The fourth-order valence-corrected chi connectivity index (χ4v) is 3.96. The second-order valence-corrected chi connectivity index (χ2v) is 11.0. The van der Waals surface area contributed by atoms with Crippen LogP contribution in [0.3, 0.4) is 0 Å². The standard InChI is InChI=1S/C32H40N2/c1-10-16-28-29(32(7,8)9)23-34(30(28)11-2)27-20-15-19-26(21-27)33(22-24(3)31(4,5)6)25-17-13-12-14-18-25/h10-23H,2H2,1,3-9H3/b16-10-,24-22+. The highest BCUT2D eigenvalue weighted by Crippen LogP contribution is 2.36. The molecule has 0 atom stereocenters. The van der Waals surface area contributed by atoms with Crippen molar-refractivity contribution in [2.45, 2.75) is 60.8 Å². The maximum absolute atomic E-state index is 4.15. The van der Waals surface area contributed by atoms with Gasteiger partial charge in [-0.1, -0.05) is 90.1 Å². The Morgan fingerprint density at radius 1 is 0.912 bits per heavy atom. The number of anilines is 2. The van der Waals surface area contributed by atoms with Gasteiger partial charge in [0.05, 0.1) is 5.69 Å². The molecule has 0 aliphatic carbocycles. The van der Waals surface area contributed by atoms with E-state index in [0.717, 1.165) is 22.8 Å². The lowest BCUT2D eigenvalue weighted by Crippen LogP contribution is -2.15. The van der Waals surface area contributed by atoms with E-state index in [-0.39, 0.29) is 10.8 Å². The lowest BCUT2D eigenvalue weighted by molar-refractivity contribution is 0.502. The molecule has 0 bridgehead atoms. The van der Waals surface area contributed by atoms with E-state index >= 15 is 0 Å². The van der Waals surface area contributed by atoms with Crippen molar-refractivity contribution in [3.63, 3.8) is 0 Å². The van der Waals surface area contributed by atoms with Crippen LogP contribution in [0.5, 0.6) is 0 Å². The third-order valence-corrected chi connectivity index (χ3v) is 6.34. The monoisotopic (exact) mass is 452 g/mol. The van der Waals surface area contributed by atoms with Gasteiger partial charge in [0.15, 0.2) is 0 Å². The average Bonchev–Trinajstić information content (AvgIpc) is 3.16. The van der Waals surface area contributed by atoms with Crippen molar-refractivity contribution < 1.29 is 0 Å². The van der Waals surface area contributed by atoms with Gasteiger partial charge in [-0.25, -0.2) is 0 Å². The predicted molar refractivity (Wildman–Crippen MR) is 151 cm³/mol. The van der Waals surface area contributed by atoms with Gasteiger partial charge < -0.3 is 9.47 Å². The summed E-state index contributed by atoms with van der Waals surface area (Å²) in [6, 6.07) is 19.3. The Hall–Kier alpha value is -3.26. The summed E-state index contributed by atoms with van der Waals surface area (Å²) in [5, 5.41) is 0. The zero-order valence-corrected chi connectivity index (χ0v) is 22.2. The van der Waals surface area contributed by atoms with Crippen LogP contribution in [0.4, 0.5) is 11.4 Å². The quantitative estimate of drug-likeness (QED) is 0.361. The molecule has 0 saturated carbocycles. The van der Waals surface area contributed by atoms with Gasteiger partial charge in [-0.15, -0.1) is 0 Å². The third-order valence-electron chi connectivity index (χ3n) is 6.34. The van der Waals surface area contributed by atoms with Crippen LogP contribution in [0.1, 0.15) is 72.2 Å². The molecule has 2 heteroatoms. The fourth-order valence-electron chi connectivity index (χ4n) is 3.96. The molecule has 0 amide bonds. The molecule has 34 heavy (non-hydrogen) atoms. The second kappa shape index (κ2) is 9.93. The second-order valence-electron chi connectivity index (χ2n) is 11.0. The highest BCUT2D eigenvalue weighted by atomic mass is 15.1. The molecule has 0 unspecified atom stereocenters. The van der Waals surface area contributed by atoms with Gasteiger partial charge >= 0.3 is 0 Å². The molecule has 2 aromatic carbocycles. The fraction of sp³-hybridized carbons (Fsp3) is 0.312. The van der Waals surface area contributed by atoms with Crippen LogP contribution < -0.4 is 4.90 Å². The molecule has 0 radical (unpaired) electrons. The Labute approximate surface area is 206 Å². The topological polar surface area (TPSA) is 8.17 Å². The maximum atomic E-state index is 4.15. The summed E-state index contributed by atoms with van der Waals surface area (Å²) < 4.78 is 2.27. The van der Waals surface area contributed by atoms with Crippen LogP contribution >= 0.6 is 0 Å². The van der Waals surface area contributed by atoms with Gasteiger partial charge in [0.1, 0.15) is 0 Å². The Kier molecular flexibility index (Phi) is 7.41. The zero-order chi connectivity index (χ0) is 25.1. The first-order valence-electron chi connectivity index (χ1n) is 12.1. The van der Waals surface area contributed by atoms with Crippen molar-refractivity contribution in [2.75, 3.05) is 4.90 Å². The molecule has 0 saturated heterocycles. The summed E-state index contributed by atoms with van der Waals surface area (Å²) in [4.78, 5) is 2.29. The van der Waals surface area contributed by atoms with Crippen LogP contribution in [0.2, 0.25) is 0 Å².